The van der Waals surface area contributed by atoms with Crippen LogP contribution in [0, 0.1) is 5.82 Å². The van der Waals surface area contributed by atoms with Crippen molar-refractivity contribution in [3.63, 3.8) is 0 Å². The van der Waals surface area contributed by atoms with Gasteiger partial charge in [0.1, 0.15) is 11.4 Å². The summed E-state index contributed by atoms with van der Waals surface area (Å²) in [5.41, 5.74) is -0.581. The minimum atomic E-state index is -0.982. The highest BCUT2D eigenvalue weighted by molar-refractivity contribution is 5.94. The molecule has 1 saturated carbocycles. The van der Waals surface area contributed by atoms with Crippen molar-refractivity contribution in [2.75, 3.05) is 5.32 Å². The Morgan fingerprint density at radius 3 is 2.44 bits per heavy atom. The molecular formula is C13H14FNO3. The Morgan fingerprint density at radius 2 is 2.06 bits per heavy atom. The van der Waals surface area contributed by atoms with Gasteiger partial charge in [-0.15, -0.1) is 0 Å². The normalized spacial score (nSPS) is 16.8. The minimum Gasteiger partial charge on any atom is -0.480 e. The van der Waals surface area contributed by atoms with Crippen molar-refractivity contribution in [1.82, 2.24) is 0 Å². The Kier molecular flexibility index (Phi) is 3.07. The molecule has 0 saturated heterocycles. The second-order valence-corrected chi connectivity index (χ2v) is 4.62. The quantitative estimate of drug-likeness (QED) is 0.807. The standard InChI is InChI=1S/C13H14FNO3/c1-8(16)10-4-3-9(7-11(10)14)15-13(12(17)18)5-2-6-13/h3-4,7,15H,2,5-6H2,1H3,(H,17,18). The maximum Gasteiger partial charge on any atom is 0.329 e. The Bertz CT molecular complexity index is 509. The first kappa shape index (κ1) is 12.5. The van der Waals surface area contributed by atoms with Gasteiger partial charge in [-0.1, -0.05) is 0 Å². The molecule has 4 nitrogen and oxygen atoms in total. The average molecular weight is 251 g/mol. The summed E-state index contributed by atoms with van der Waals surface area (Å²) in [5.74, 6) is -1.91. The van der Waals surface area contributed by atoms with Crippen molar-refractivity contribution in [3.05, 3.63) is 29.6 Å². The van der Waals surface area contributed by atoms with Gasteiger partial charge in [0.25, 0.3) is 0 Å². The van der Waals surface area contributed by atoms with E-state index in [1.165, 1.54) is 25.1 Å². The molecule has 1 aromatic rings. The summed E-state index contributed by atoms with van der Waals surface area (Å²) in [7, 11) is 0. The number of carboxylic acids is 1. The molecule has 0 unspecified atom stereocenters. The fourth-order valence-corrected chi connectivity index (χ4v) is 2.08. The fourth-order valence-electron chi connectivity index (χ4n) is 2.08. The highest BCUT2D eigenvalue weighted by Crippen LogP contribution is 2.35. The Labute approximate surface area is 104 Å². The molecule has 0 aromatic heterocycles. The van der Waals surface area contributed by atoms with Crippen LogP contribution in [0.15, 0.2) is 18.2 Å². The number of carbonyl (C=O) groups excluding carboxylic acids is 1. The van der Waals surface area contributed by atoms with Gasteiger partial charge in [-0.2, -0.15) is 0 Å². The largest absolute Gasteiger partial charge is 0.480 e. The Morgan fingerprint density at radius 1 is 1.39 bits per heavy atom. The number of nitrogens with one attached hydrogen (secondary N) is 1. The predicted octanol–water partition coefficient (Wildman–Crippen LogP) is 2.45. The molecule has 0 spiro atoms. The van der Waals surface area contributed by atoms with Gasteiger partial charge in [-0.25, -0.2) is 9.18 Å². The maximum absolute atomic E-state index is 13.6. The second-order valence-electron chi connectivity index (χ2n) is 4.62. The van der Waals surface area contributed by atoms with Gasteiger partial charge in [-0.3, -0.25) is 4.79 Å². The number of halogens is 1. The van der Waals surface area contributed by atoms with E-state index in [9.17, 15) is 14.0 Å². The van der Waals surface area contributed by atoms with Crippen molar-refractivity contribution < 1.29 is 19.1 Å². The first-order chi connectivity index (χ1) is 8.44. The summed E-state index contributed by atoms with van der Waals surface area (Å²) >= 11 is 0. The fraction of sp³-hybridized carbons (Fsp3) is 0.385. The van der Waals surface area contributed by atoms with Gasteiger partial charge >= 0.3 is 5.97 Å². The zero-order chi connectivity index (χ0) is 13.3. The third-order valence-corrected chi connectivity index (χ3v) is 3.35. The summed E-state index contributed by atoms with van der Waals surface area (Å²) in [6.45, 7) is 1.29. The number of hydrogen-bond donors (Lipinski definition) is 2. The van der Waals surface area contributed by atoms with Crippen LogP contribution in [0.1, 0.15) is 36.5 Å². The molecule has 2 N–H and O–H groups in total. The number of carbonyl (C=O) groups is 2. The van der Waals surface area contributed by atoms with Crippen LogP contribution in [0.5, 0.6) is 0 Å². The lowest BCUT2D eigenvalue weighted by Gasteiger charge is -2.39. The van der Waals surface area contributed by atoms with Crippen molar-refractivity contribution in [2.24, 2.45) is 0 Å². The molecule has 18 heavy (non-hydrogen) atoms. The smallest absolute Gasteiger partial charge is 0.329 e. The van der Waals surface area contributed by atoms with Crippen molar-refractivity contribution in [3.8, 4) is 0 Å². The molecule has 0 atom stereocenters. The third-order valence-electron chi connectivity index (χ3n) is 3.35. The first-order valence-corrected chi connectivity index (χ1v) is 5.77. The van der Waals surface area contributed by atoms with E-state index in [0.29, 0.717) is 18.5 Å². The monoisotopic (exact) mass is 251 g/mol. The summed E-state index contributed by atoms with van der Waals surface area (Å²) in [6, 6.07) is 4.07. The first-order valence-electron chi connectivity index (χ1n) is 5.77. The molecule has 0 heterocycles. The summed E-state index contributed by atoms with van der Waals surface area (Å²) in [4.78, 5) is 22.2. The number of hydrogen-bond acceptors (Lipinski definition) is 3. The van der Waals surface area contributed by atoms with E-state index in [1.54, 1.807) is 0 Å². The number of aliphatic carboxylic acids is 1. The second kappa shape index (κ2) is 4.40. The lowest BCUT2D eigenvalue weighted by molar-refractivity contribution is -0.145. The van der Waals surface area contributed by atoms with E-state index in [-0.39, 0.29) is 11.3 Å². The van der Waals surface area contributed by atoms with E-state index in [0.717, 1.165) is 6.42 Å². The van der Waals surface area contributed by atoms with E-state index in [1.807, 2.05) is 0 Å². The maximum atomic E-state index is 13.6. The number of anilines is 1. The molecule has 5 heteroatoms. The Hall–Kier alpha value is -1.91. The van der Waals surface area contributed by atoms with Gasteiger partial charge in [0.15, 0.2) is 5.78 Å². The molecule has 2 rings (SSSR count). The molecule has 1 aromatic carbocycles. The minimum absolute atomic E-state index is 0.0125. The molecule has 96 valence electrons. The molecule has 0 bridgehead atoms. The number of benzene rings is 1. The highest BCUT2D eigenvalue weighted by Gasteiger charge is 2.44. The summed E-state index contributed by atoms with van der Waals surface area (Å²) in [5, 5.41) is 12.0. The molecular weight excluding hydrogens is 237 g/mol. The van der Waals surface area contributed by atoms with E-state index in [2.05, 4.69) is 5.32 Å². The van der Waals surface area contributed by atoms with Gasteiger partial charge in [0, 0.05) is 5.69 Å². The van der Waals surface area contributed by atoms with Crippen molar-refractivity contribution >= 4 is 17.4 Å². The van der Waals surface area contributed by atoms with Crippen LogP contribution >= 0.6 is 0 Å². The van der Waals surface area contributed by atoms with Crippen LogP contribution in [0.3, 0.4) is 0 Å². The number of ketones is 1. The van der Waals surface area contributed by atoms with Gasteiger partial charge in [0.05, 0.1) is 5.56 Å². The van der Waals surface area contributed by atoms with Crippen LogP contribution in [0.25, 0.3) is 0 Å². The topological polar surface area (TPSA) is 66.4 Å². The highest BCUT2D eigenvalue weighted by atomic mass is 19.1. The molecule has 1 aliphatic rings. The van der Waals surface area contributed by atoms with Crippen LogP contribution in [-0.4, -0.2) is 22.4 Å². The van der Waals surface area contributed by atoms with Crippen molar-refractivity contribution in [2.45, 2.75) is 31.7 Å². The molecule has 0 amide bonds. The summed E-state index contributed by atoms with van der Waals surface area (Å²) < 4.78 is 13.6. The van der Waals surface area contributed by atoms with Gasteiger partial charge < -0.3 is 10.4 Å². The van der Waals surface area contributed by atoms with E-state index >= 15 is 0 Å². The van der Waals surface area contributed by atoms with Gasteiger partial charge in [-0.05, 0) is 44.4 Å². The van der Waals surface area contributed by atoms with Crippen molar-refractivity contribution in [1.29, 1.82) is 0 Å². The average Bonchev–Trinajstić information content (AvgIpc) is 2.22. The lowest BCUT2D eigenvalue weighted by Crippen LogP contribution is -2.52. The zero-order valence-corrected chi connectivity index (χ0v) is 10.00. The number of rotatable bonds is 4. The van der Waals surface area contributed by atoms with Crippen LogP contribution in [0.4, 0.5) is 10.1 Å². The number of Topliss-reactive ketones (excluding diaryl/α,β-unsaturated/α-hetero) is 1. The Balaban J connectivity index is 2.23. The predicted molar refractivity (Wildman–Crippen MR) is 64.2 cm³/mol. The lowest BCUT2D eigenvalue weighted by atomic mass is 9.76. The molecule has 0 radical (unpaired) electrons. The molecule has 0 aliphatic heterocycles. The van der Waals surface area contributed by atoms with E-state index in [4.69, 9.17) is 5.11 Å². The SMILES string of the molecule is CC(=O)c1ccc(NC2(C(=O)O)CCC2)cc1F. The van der Waals surface area contributed by atoms with Crippen LogP contribution in [0.2, 0.25) is 0 Å². The van der Waals surface area contributed by atoms with Crippen LogP contribution < -0.4 is 5.32 Å². The molecule has 1 aliphatic carbocycles. The number of carboxylic acid groups (broad SMARTS) is 1. The van der Waals surface area contributed by atoms with E-state index < -0.39 is 17.3 Å². The zero-order valence-electron chi connectivity index (χ0n) is 10.00. The van der Waals surface area contributed by atoms with Crippen LogP contribution in [-0.2, 0) is 4.79 Å². The summed E-state index contributed by atoms with van der Waals surface area (Å²) in [6.07, 6.45) is 1.89. The molecule has 1 fully saturated rings. The van der Waals surface area contributed by atoms with Gasteiger partial charge in [0.2, 0.25) is 0 Å². The third kappa shape index (κ3) is 2.08.